The smallest absolute Gasteiger partial charge is 0.220 e. The second kappa shape index (κ2) is 8.67. The maximum atomic E-state index is 11.7. The quantitative estimate of drug-likeness (QED) is 0.773. The Morgan fingerprint density at radius 2 is 2.09 bits per heavy atom. The first-order valence-corrected chi connectivity index (χ1v) is 8.47. The molecule has 0 atom stereocenters. The largest absolute Gasteiger partial charge is 0.356 e. The van der Waals surface area contributed by atoms with Gasteiger partial charge in [-0.3, -0.25) is 4.79 Å². The molecular weight excluding hydrogens is 288 g/mol. The molecule has 0 aliphatic heterocycles. The third-order valence-corrected chi connectivity index (χ3v) is 3.93. The third kappa shape index (κ3) is 5.06. The summed E-state index contributed by atoms with van der Waals surface area (Å²) in [7, 11) is 4.15. The number of unbranched alkanes of at least 4 members (excludes halogenated alkanes) is 1. The Bertz CT molecular complexity index is 633. The number of carbonyl (C=O) groups excluding carboxylic acids is 1. The molecule has 0 fully saturated rings. The molecule has 0 saturated heterocycles. The van der Waals surface area contributed by atoms with Crippen molar-refractivity contribution < 1.29 is 4.79 Å². The predicted molar refractivity (Wildman–Crippen MR) is 94.5 cm³/mol. The number of amides is 1. The summed E-state index contributed by atoms with van der Waals surface area (Å²) < 4.78 is 2.27. The number of likely N-dealkylation sites (N-methyl/N-ethyl adjacent to an activating group) is 1. The van der Waals surface area contributed by atoms with Gasteiger partial charge in [0.25, 0.3) is 0 Å². The second-order valence-corrected chi connectivity index (χ2v) is 6.18. The Labute approximate surface area is 138 Å². The number of nitrogens with one attached hydrogen (secondary N) is 1. The summed E-state index contributed by atoms with van der Waals surface area (Å²) in [4.78, 5) is 18.6. The highest BCUT2D eigenvalue weighted by Gasteiger charge is 2.10. The van der Waals surface area contributed by atoms with Gasteiger partial charge < -0.3 is 14.8 Å². The van der Waals surface area contributed by atoms with Crippen LogP contribution in [0.3, 0.4) is 0 Å². The van der Waals surface area contributed by atoms with Gasteiger partial charge >= 0.3 is 0 Å². The minimum absolute atomic E-state index is 0.141. The van der Waals surface area contributed by atoms with Crippen LogP contribution < -0.4 is 5.32 Å². The number of rotatable bonds is 9. The van der Waals surface area contributed by atoms with Gasteiger partial charge in [-0.25, -0.2) is 4.98 Å². The van der Waals surface area contributed by atoms with Crippen LogP contribution in [0.2, 0.25) is 0 Å². The molecule has 1 heterocycles. The van der Waals surface area contributed by atoms with Crippen LogP contribution in [0.1, 0.15) is 32.0 Å². The lowest BCUT2D eigenvalue weighted by atomic mass is 10.2. The standard InChI is InChI=1S/C18H28N4O/c1-4-5-10-18(23)19-12-11-17-20-15-8-6-7-9-16(15)22(17)14-13-21(2)3/h6-9H,4-5,10-14H2,1-3H3,(H,19,23). The zero-order valence-corrected chi connectivity index (χ0v) is 14.5. The Morgan fingerprint density at radius 3 is 2.83 bits per heavy atom. The molecule has 0 saturated carbocycles. The minimum atomic E-state index is 0.141. The molecular formula is C18H28N4O. The Hall–Kier alpha value is -1.88. The van der Waals surface area contributed by atoms with Crippen molar-refractivity contribution in [3.05, 3.63) is 30.1 Å². The molecule has 5 heteroatoms. The van der Waals surface area contributed by atoms with Crippen LogP contribution in [-0.2, 0) is 17.8 Å². The molecule has 23 heavy (non-hydrogen) atoms. The summed E-state index contributed by atoms with van der Waals surface area (Å²) in [5.74, 6) is 1.19. The average molecular weight is 316 g/mol. The fraction of sp³-hybridized carbons (Fsp3) is 0.556. The number of aromatic nitrogens is 2. The first-order valence-electron chi connectivity index (χ1n) is 8.47. The molecule has 0 unspecified atom stereocenters. The molecule has 0 spiro atoms. The van der Waals surface area contributed by atoms with Gasteiger partial charge in [0, 0.05) is 32.5 Å². The summed E-state index contributed by atoms with van der Waals surface area (Å²) in [6, 6.07) is 8.22. The molecule has 1 N–H and O–H groups in total. The van der Waals surface area contributed by atoms with Gasteiger partial charge in [0.05, 0.1) is 11.0 Å². The first kappa shape index (κ1) is 17.5. The number of hydrogen-bond acceptors (Lipinski definition) is 3. The zero-order valence-electron chi connectivity index (χ0n) is 14.5. The summed E-state index contributed by atoms with van der Waals surface area (Å²) in [6.45, 7) is 4.62. The van der Waals surface area contributed by atoms with E-state index in [2.05, 4.69) is 41.9 Å². The highest BCUT2D eigenvalue weighted by Crippen LogP contribution is 2.16. The lowest BCUT2D eigenvalue weighted by Crippen LogP contribution is -2.26. The topological polar surface area (TPSA) is 50.2 Å². The van der Waals surface area contributed by atoms with Crippen molar-refractivity contribution in [3.63, 3.8) is 0 Å². The van der Waals surface area contributed by atoms with E-state index in [1.165, 1.54) is 5.52 Å². The van der Waals surface area contributed by atoms with Gasteiger partial charge in [0.1, 0.15) is 5.82 Å². The SMILES string of the molecule is CCCCC(=O)NCCc1nc2ccccc2n1CCN(C)C. The van der Waals surface area contributed by atoms with Crippen LogP contribution in [-0.4, -0.2) is 47.5 Å². The Kier molecular flexibility index (Phi) is 6.59. The number of fused-ring (bicyclic) bond motifs is 1. The van der Waals surface area contributed by atoms with E-state index in [1.807, 2.05) is 18.2 Å². The summed E-state index contributed by atoms with van der Waals surface area (Å²) in [6.07, 6.45) is 3.38. The third-order valence-electron chi connectivity index (χ3n) is 3.93. The number of imidazole rings is 1. The van der Waals surface area contributed by atoms with E-state index in [4.69, 9.17) is 4.98 Å². The van der Waals surface area contributed by atoms with Crippen molar-refractivity contribution in [3.8, 4) is 0 Å². The molecule has 2 aromatic rings. The maximum absolute atomic E-state index is 11.7. The van der Waals surface area contributed by atoms with Gasteiger partial charge in [0.2, 0.25) is 5.91 Å². The van der Waals surface area contributed by atoms with Gasteiger partial charge in [0.15, 0.2) is 0 Å². The highest BCUT2D eigenvalue weighted by molar-refractivity contribution is 5.76. The molecule has 0 bridgehead atoms. The summed E-state index contributed by atoms with van der Waals surface area (Å²) in [5.41, 5.74) is 2.19. The van der Waals surface area contributed by atoms with Gasteiger partial charge in [-0.1, -0.05) is 25.5 Å². The number of carbonyl (C=O) groups is 1. The van der Waals surface area contributed by atoms with E-state index < -0.39 is 0 Å². The van der Waals surface area contributed by atoms with Crippen molar-refractivity contribution >= 4 is 16.9 Å². The maximum Gasteiger partial charge on any atom is 0.220 e. The lowest BCUT2D eigenvalue weighted by molar-refractivity contribution is -0.121. The fourth-order valence-corrected chi connectivity index (χ4v) is 2.61. The predicted octanol–water partition coefficient (Wildman–Crippen LogP) is 2.45. The van der Waals surface area contributed by atoms with E-state index in [0.717, 1.165) is 43.7 Å². The van der Waals surface area contributed by atoms with E-state index in [9.17, 15) is 4.79 Å². The highest BCUT2D eigenvalue weighted by atomic mass is 16.1. The molecule has 0 aliphatic rings. The van der Waals surface area contributed by atoms with E-state index in [0.29, 0.717) is 13.0 Å². The lowest BCUT2D eigenvalue weighted by Gasteiger charge is -2.13. The van der Waals surface area contributed by atoms with E-state index >= 15 is 0 Å². The molecule has 0 radical (unpaired) electrons. The van der Waals surface area contributed by atoms with Crippen LogP contribution in [0.5, 0.6) is 0 Å². The number of para-hydroxylation sites is 2. The molecule has 1 aromatic heterocycles. The Balaban J connectivity index is 2.03. The molecule has 1 amide bonds. The number of hydrogen-bond donors (Lipinski definition) is 1. The van der Waals surface area contributed by atoms with Crippen LogP contribution >= 0.6 is 0 Å². The van der Waals surface area contributed by atoms with Crippen molar-refractivity contribution in [1.29, 1.82) is 0 Å². The van der Waals surface area contributed by atoms with Gasteiger partial charge in [-0.15, -0.1) is 0 Å². The summed E-state index contributed by atoms with van der Waals surface area (Å²) in [5, 5.41) is 3.00. The number of nitrogens with zero attached hydrogens (tertiary/aromatic N) is 3. The van der Waals surface area contributed by atoms with Crippen LogP contribution in [0.25, 0.3) is 11.0 Å². The Morgan fingerprint density at radius 1 is 1.30 bits per heavy atom. The van der Waals surface area contributed by atoms with Crippen LogP contribution in [0, 0.1) is 0 Å². The first-order chi connectivity index (χ1) is 11.1. The summed E-state index contributed by atoms with van der Waals surface area (Å²) >= 11 is 0. The number of benzene rings is 1. The van der Waals surface area contributed by atoms with Crippen LogP contribution in [0.4, 0.5) is 0 Å². The second-order valence-electron chi connectivity index (χ2n) is 6.18. The minimum Gasteiger partial charge on any atom is -0.356 e. The molecule has 126 valence electrons. The average Bonchev–Trinajstić information content (AvgIpc) is 2.88. The van der Waals surface area contributed by atoms with Gasteiger partial charge in [-0.2, -0.15) is 0 Å². The van der Waals surface area contributed by atoms with Crippen molar-refractivity contribution in [2.45, 2.75) is 39.2 Å². The molecule has 2 rings (SSSR count). The molecule has 0 aliphatic carbocycles. The monoisotopic (exact) mass is 316 g/mol. The molecule has 5 nitrogen and oxygen atoms in total. The van der Waals surface area contributed by atoms with E-state index in [-0.39, 0.29) is 5.91 Å². The zero-order chi connectivity index (χ0) is 16.7. The molecule has 1 aromatic carbocycles. The van der Waals surface area contributed by atoms with Gasteiger partial charge in [-0.05, 0) is 32.6 Å². The van der Waals surface area contributed by atoms with Crippen molar-refractivity contribution in [2.75, 3.05) is 27.2 Å². The fourth-order valence-electron chi connectivity index (χ4n) is 2.61. The van der Waals surface area contributed by atoms with Crippen molar-refractivity contribution in [2.24, 2.45) is 0 Å². The normalized spacial score (nSPS) is 11.3. The van der Waals surface area contributed by atoms with Crippen LogP contribution in [0.15, 0.2) is 24.3 Å². The van der Waals surface area contributed by atoms with E-state index in [1.54, 1.807) is 0 Å². The van der Waals surface area contributed by atoms with Crippen molar-refractivity contribution in [1.82, 2.24) is 19.8 Å².